The zero-order valence-corrected chi connectivity index (χ0v) is 22.8. The van der Waals surface area contributed by atoms with Crippen molar-refractivity contribution in [3.8, 4) is 16.6 Å². The van der Waals surface area contributed by atoms with Crippen LogP contribution in [0.4, 0.5) is 5.82 Å². The van der Waals surface area contributed by atoms with Crippen LogP contribution in [0.5, 0.6) is 11.5 Å². The lowest BCUT2D eigenvalue weighted by Crippen LogP contribution is -2.42. The summed E-state index contributed by atoms with van der Waals surface area (Å²) in [6, 6.07) is 11.5. The Hall–Kier alpha value is -3.48. The minimum absolute atomic E-state index is 0.186. The van der Waals surface area contributed by atoms with Gasteiger partial charge in [-0.2, -0.15) is 14.1 Å². The summed E-state index contributed by atoms with van der Waals surface area (Å²) >= 11 is 1.42. The zero-order chi connectivity index (χ0) is 26.6. The second-order valence-corrected chi connectivity index (χ2v) is 12.9. The average molecular weight is 554 g/mol. The van der Waals surface area contributed by atoms with Crippen molar-refractivity contribution in [1.29, 1.82) is 0 Å². The molecule has 1 fully saturated rings. The minimum Gasteiger partial charge on any atom is -0.454 e. The van der Waals surface area contributed by atoms with Gasteiger partial charge in [0.25, 0.3) is 5.91 Å². The average Bonchev–Trinajstić information content (AvgIpc) is 3.59. The molecule has 12 heteroatoms. The van der Waals surface area contributed by atoms with E-state index in [0.29, 0.717) is 58.6 Å². The van der Waals surface area contributed by atoms with Crippen LogP contribution in [0.2, 0.25) is 0 Å². The van der Waals surface area contributed by atoms with Crippen molar-refractivity contribution < 1.29 is 22.7 Å². The fourth-order valence-corrected chi connectivity index (χ4v) is 7.67. The van der Waals surface area contributed by atoms with Crippen molar-refractivity contribution in [3.05, 3.63) is 53.7 Å². The van der Waals surface area contributed by atoms with E-state index in [1.54, 1.807) is 15.1 Å². The quantitative estimate of drug-likeness (QED) is 0.389. The summed E-state index contributed by atoms with van der Waals surface area (Å²) in [4.78, 5) is 18.0. The number of nitrogens with one attached hydrogen (secondary N) is 1. The standard InChI is InChI=1S/C26H27N5O5S2/c1-15-8-16(2)13-30(12-15)38(33,34)19-6-4-18(5-7-19)25(32)28-24-9-17(3)29-31(24)26-27-20-10-21-22(36-14-35-21)11-23(20)37-26/h4-7,9-11,15-16H,8,12-14H2,1-3H3,(H,28,32). The van der Waals surface area contributed by atoms with Crippen LogP contribution in [-0.4, -0.2) is 53.3 Å². The number of piperidine rings is 1. The highest BCUT2D eigenvalue weighted by molar-refractivity contribution is 7.89. The Morgan fingerprint density at radius 2 is 1.74 bits per heavy atom. The van der Waals surface area contributed by atoms with Gasteiger partial charge < -0.3 is 14.8 Å². The lowest BCUT2D eigenvalue weighted by Gasteiger charge is -2.34. The van der Waals surface area contributed by atoms with Crippen LogP contribution in [0.1, 0.15) is 36.3 Å². The molecule has 1 amide bonds. The van der Waals surface area contributed by atoms with Gasteiger partial charge in [-0.1, -0.05) is 25.2 Å². The number of aryl methyl sites for hydroxylation is 1. The monoisotopic (exact) mass is 553 g/mol. The number of fused-ring (bicyclic) bond motifs is 2. The van der Waals surface area contributed by atoms with E-state index in [4.69, 9.17) is 9.47 Å². The van der Waals surface area contributed by atoms with Gasteiger partial charge in [0.1, 0.15) is 5.82 Å². The maximum atomic E-state index is 13.2. The number of rotatable bonds is 5. The first-order chi connectivity index (χ1) is 18.2. The molecule has 2 aromatic carbocycles. The highest BCUT2D eigenvalue weighted by Gasteiger charge is 2.31. The van der Waals surface area contributed by atoms with Gasteiger partial charge in [-0.3, -0.25) is 4.79 Å². The van der Waals surface area contributed by atoms with Gasteiger partial charge in [-0.15, -0.1) is 0 Å². The fraction of sp³-hybridized carbons (Fsp3) is 0.346. The summed E-state index contributed by atoms with van der Waals surface area (Å²) < 4.78 is 41.3. The second-order valence-electron chi connectivity index (χ2n) is 10.00. The van der Waals surface area contributed by atoms with E-state index in [2.05, 4.69) is 29.2 Å². The normalized spacial score (nSPS) is 19.7. The van der Waals surface area contributed by atoms with E-state index in [-0.39, 0.29) is 17.6 Å². The molecule has 1 N–H and O–H groups in total. The van der Waals surface area contributed by atoms with Gasteiger partial charge in [0.2, 0.25) is 21.9 Å². The van der Waals surface area contributed by atoms with Crippen molar-refractivity contribution in [2.75, 3.05) is 25.2 Å². The maximum Gasteiger partial charge on any atom is 0.256 e. The Bertz CT molecular complexity index is 1590. The van der Waals surface area contributed by atoms with Crippen molar-refractivity contribution in [3.63, 3.8) is 0 Å². The Balaban J connectivity index is 1.22. The number of benzene rings is 2. The summed E-state index contributed by atoms with van der Waals surface area (Å²) in [5.41, 5.74) is 1.79. The van der Waals surface area contributed by atoms with E-state index in [1.807, 2.05) is 19.1 Å². The number of ether oxygens (including phenoxy) is 2. The van der Waals surface area contributed by atoms with Crippen LogP contribution in [-0.2, 0) is 10.0 Å². The number of sulfonamides is 1. The van der Waals surface area contributed by atoms with Gasteiger partial charge in [-0.25, -0.2) is 13.4 Å². The molecule has 0 aliphatic carbocycles. The third-order valence-corrected chi connectivity index (χ3v) is 9.56. The summed E-state index contributed by atoms with van der Waals surface area (Å²) in [6.07, 6.45) is 1.02. The van der Waals surface area contributed by atoms with E-state index in [9.17, 15) is 13.2 Å². The molecule has 198 valence electrons. The number of thiazole rings is 1. The number of nitrogens with zero attached hydrogens (tertiary/aromatic N) is 4. The number of carbonyl (C=O) groups is 1. The minimum atomic E-state index is -3.62. The van der Waals surface area contributed by atoms with Crippen LogP contribution in [0.25, 0.3) is 15.3 Å². The van der Waals surface area contributed by atoms with Crippen molar-refractivity contribution >= 4 is 43.3 Å². The Morgan fingerprint density at radius 1 is 1.05 bits per heavy atom. The van der Waals surface area contributed by atoms with E-state index >= 15 is 0 Å². The SMILES string of the molecule is Cc1cc(NC(=O)c2ccc(S(=O)(=O)N3CC(C)CC(C)C3)cc2)n(-c2nc3cc4c(cc3s2)OCO4)n1. The van der Waals surface area contributed by atoms with Crippen LogP contribution >= 0.6 is 11.3 Å². The topological polar surface area (TPSA) is 116 Å². The molecule has 2 atom stereocenters. The van der Waals surface area contributed by atoms with Crippen LogP contribution < -0.4 is 14.8 Å². The lowest BCUT2D eigenvalue weighted by atomic mass is 9.94. The fourth-order valence-electron chi connectivity index (χ4n) is 5.05. The molecule has 1 saturated heterocycles. The summed E-state index contributed by atoms with van der Waals surface area (Å²) in [5, 5.41) is 7.98. The number of amides is 1. The molecule has 2 aliphatic heterocycles. The van der Waals surface area contributed by atoms with Crippen molar-refractivity contribution in [1.82, 2.24) is 19.1 Å². The first-order valence-corrected chi connectivity index (χ1v) is 14.6. The molecule has 0 bridgehead atoms. The van der Waals surface area contributed by atoms with E-state index in [1.165, 1.54) is 35.6 Å². The predicted octanol–water partition coefficient (Wildman–Crippen LogP) is 4.44. The Morgan fingerprint density at radius 3 is 2.45 bits per heavy atom. The van der Waals surface area contributed by atoms with Crippen LogP contribution in [0.3, 0.4) is 0 Å². The molecular weight excluding hydrogens is 526 g/mol. The molecule has 2 aromatic heterocycles. The number of carbonyl (C=O) groups excluding carboxylic acids is 1. The molecule has 0 spiro atoms. The van der Waals surface area contributed by atoms with E-state index < -0.39 is 10.0 Å². The third-order valence-electron chi connectivity index (χ3n) is 6.72. The first-order valence-electron chi connectivity index (χ1n) is 12.4. The molecule has 6 rings (SSSR count). The smallest absolute Gasteiger partial charge is 0.256 e. The summed E-state index contributed by atoms with van der Waals surface area (Å²) in [5.74, 6) is 2.02. The highest BCUT2D eigenvalue weighted by Crippen LogP contribution is 2.39. The second kappa shape index (κ2) is 9.37. The van der Waals surface area contributed by atoms with Crippen LogP contribution in [0.15, 0.2) is 47.4 Å². The molecule has 4 aromatic rings. The first kappa shape index (κ1) is 24.8. The number of aromatic nitrogens is 3. The van der Waals surface area contributed by atoms with Gasteiger partial charge in [0.05, 0.1) is 20.8 Å². The van der Waals surface area contributed by atoms with Crippen molar-refractivity contribution in [2.45, 2.75) is 32.1 Å². The molecule has 2 unspecified atom stereocenters. The Kier molecular flexibility index (Phi) is 6.12. The molecule has 38 heavy (non-hydrogen) atoms. The molecule has 2 aliphatic rings. The lowest BCUT2D eigenvalue weighted by molar-refractivity contribution is 0.102. The Labute approximate surface area is 224 Å². The number of hydrogen-bond donors (Lipinski definition) is 1. The summed E-state index contributed by atoms with van der Waals surface area (Å²) in [6.45, 7) is 7.18. The third kappa shape index (κ3) is 4.52. The van der Waals surface area contributed by atoms with Crippen molar-refractivity contribution in [2.24, 2.45) is 11.8 Å². The molecule has 0 radical (unpaired) electrons. The van der Waals surface area contributed by atoms with Gasteiger partial charge in [0, 0.05) is 36.9 Å². The highest BCUT2D eigenvalue weighted by atomic mass is 32.2. The number of anilines is 1. The summed E-state index contributed by atoms with van der Waals surface area (Å²) in [7, 11) is -3.62. The molecular formula is C26H27N5O5S2. The van der Waals surface area contributed by atoms with Crippen LogP contribution in [0, 0.1) is 18.8 Å². The van der Waals surface area contributed by atoms with Gasteiger partial charge in [-0.05, 0) is 49.4 Å². The van der Waals surface area contributed by atoms with E-state index in [0.717, 1.165) is 16.6 Å². The number of hydrogen-bond acceptors (Lipinski definition) is 8. The maximum absolute atomic E-state index is 13.2. The van der Waals surface area contributed by atoms with Gasteiger partial charge >= 0.3 is 0 Å². The predicted molar refractivity (Wildman–Crippen MR) is 144 cm³/mol. The molecule has 10 nitrogen and oxygen atoms in total. The molecule has 4 heterocycles. The largest absolute Gasteiger partial charge is 0.454 e. The zero-order valence-electron chi connectivity index (χ0n) is 21.2. The molecule has 0 saturated carbocycles. The van der Waals surface area contributed by atoms with Gasteiger partial charge in [0.15, 0.2) is 11.5 Å².